The van der Waals surface area contributed by atoms with E-state index in [0.717, 1.165) is 24.0 Å². The predicted molar refractivity (Wildman–Crippen MR) is 81.5 cm³/mol. The van der Waals surface area contributed by atoms with Crippen molar-refractivity contribution in [2.45, 2.75) is 32.5 Å². The molecule has 2 rings (SSSR count). The molecule has 1 radical (unpaired) electrons. The number of aryl methyl sites for hydroxylation is 1. The Bertz CT molecular complexity index is 552. The van der Waals surface area contributed by atoms with E-state index in [2.05, 4.69) is 0 Å². The van der Waals surface area contributed by atoms with Gasteiger partial charge in [0.2, 0.25) is 0 Å². The summed E-state index contributed by atoms with van der Waals surface area (Å²) in [4.78, 5) is 0. The molecular formula is C18H20FO2. The highest BCUT2D eigenvalue weighted by Crippen LogP contribution is 2.23. The van der Waals surface area contributed by atoms with Crippen LogP contribution in [0.3, 0.4) is 0 Å². The van der Waals surface area contributed by atoms with Gasteiger partial charge in [-0.15, -0.1) is 0 Å². The van der Waals surface area contributed by atoms with Crippen molar-refractivity contribution >= 4 is 0 Å². The molecule has 0 aliphatic carbocycles. The minimum absolute atomic E-state index is 0.304. The second-order valence-corrected chi connectivity index (χ2v) is 5.04. The molecule has 0 fully saturated rings. The molecule has 0 spiro atoms. The molecular weight excluding hydrogens is 267 g/mol. The van der Waals surface area contributed by atoms with Crippen LogP contribution in [0.15, 0.2) is 48.5 Å². The second-order valence-electron chi connectivity index (χ2n) is 5.04. The van der Waals surface area contributed by atoms with Crippen molar-refractivity contribution in [3.8, 4) is 5.75 Å². The molecule has 0 bridgehead atoms. The summed E-state index contributed by atoms with van der Waals surface area (Å²) in [6.45, 7) is 2.13. The van der Waals surface area contributed by atoms with E-state index >= 15 is 0 Å². The number of aliphatic hydroxyl groups is 1. The summed E-state index contributed by atoms with van der Waals surface area (Å²) in [5.74, 6) is 0.263. The first kappa shape index (κ1) is 15.5. The maximum Gasteiger partial charge on any atom is 0.126 e. The summed E-state index contributed by atoms with van der Waals surface area (Å²) < 4.78 is 19.1. The van der Waals surface area contributed by atoms with Crippen molar-refractivity contribution < 1.29 is 14.2 Å². The Morgan fingerprint density at radius 2 is 1.95 bits per heavy atom. The van der Waals surface area contributed by atoms with Gasteiger partial charge in [0.15, 0.2) is 0 Å². The molecule has 0 heterocycles. The molecule has 2 aromatic carbocycles. The summed E-state index contributed by atoms with van der Waals surface area (Å²) >= 11 is 0. The van der Waals surface area contributed by atoms with Crippen LogP contribution in [0.4, 0.5) is 4.39 Å². The zero-order chi connectivity index (χ0) is 15.1. The van der Waals surface area contributed by atoms with E-state index in [4.69, 9.17) is 4.74 Å². The largest absolute Gasteiger partial charge is 0.489 e. The Morgan fingerprint density at radius 1 is 1.19 bits per heavy atom. The first-order chi connectivity index (χ1) is 10.1. The molecule has 21 heavy (non-hydrogen) atoms. The molecule has 1 N–H and O–H groups in total. The average Bonchev–Trinajstić information content (AvgIpc) is 2.48. The number of ether oxygens (including phenoxy) is 1. The fraction of sp³-hybridized carbons (Fsp3) is 0.278. The fourth-order valence-corrected chi connectivity index (χ4v) is 2.08. The highest BCUT2D eigenvalue weighted by Gasteiger charge is 2.07. The van der Waals surface area contributed by atoms with Gasteiger partial charge in [0, 0.05) is 6.07 Å². The Hall–Kier alpha value is -1.87. The monoisotopic (exact) mass is 287 g/mol. The van der Waals surface area contributed by atoms with Gasteiger partial charge in [-0.1, -0.05) is 36.4 Å². The minimum Gasteiger partial charge on any atom is -0.489 e. The van der Waals surface area contributed by atoms with Crippen LogP contribution in [0.5, 0.6) is 5.75 Å². The van der Waals surface area contributed by atoms with Crippen molar-refractivity contribution in [3.63, 3.8) is 0 Å². The lowest BCUT2D eigenvalue weighted by atomic mass is 10.1. The van der Waals surface area contributed by atoms with Crippen LogP contribution in [0, 0.1) is 12.2 Å². The lowest BCUT2D eigenvalue weighted by molar-refractivity contribution is 0.223. The summed E-state index contributed by atoms with van der Waals surface area (Å²) in [7, 11) is 0. The van der Waals surface area contributed by atoms with Crippen LogP contribution in [-0.2, 0) is 13.0 Å². The first-order valence-electron chi connectivity index (χ1n) is 7.11. The predicted octanol–water partition coefficient (Wildman–Crippen LogP) is 3.92. The average molecular weight is 287 g/mol. The van der Waals surface area contributed by atoms with Gasteiger partial charge in [-0.05, 0) is 43.4 Å². The number of rotatable bonds is 7. The van der Waals surface area contributed by atoms with Crippen LogP contribution in [0.2, 0.25) is 0 Å². The molecule has 0 aliphatic rings. The van der Waals surface area contributed by atoms with Crippen LogP contribution in [0.1, 0.15) is 24.5 Å². The lowest BCUT2D eigenvalue weighted by Gasteiger charge is -2.12. The van der Waals surface area contributed by atoms with Gasteiger partial charge in [-0.25, -0.2) is 4.39 Å². The lowest BCUT2D eigenvalue weighted by Crippen LogP contribution is -2.03. The van der Waals surface area contributed by atoms with Crippen LogP contribution in [-0.4, -0.2) is 11.2 Å². The summed E-state index contributed by atoms with van der Waals surface area (Å²) in [5, 5.41) is 9.25. The molecule has 2 nitrogen and oxygen atoms in total. The standard InChI is InChI=1S/C18H20FO2/c1-14(20)6-5-9-16-10-11-17(19)12-18(16)21-13-15-7-3-2-4-8-15/h2-4,6-8,10-12,14,20H,5,9,13H2,1H3/t14-/m0/s1. The second kappa shape index (κ2) is 7.79. The van der Waals surface area contributed by atoms with Gasteiger partial charge in [-0.3, -0.25) is 0 Å². The molecule has 0 aliphatic heterocycles. The summed E-state index contributed by atoms with van der Waals surface area (Å²) in [6.07, 6.45) is 2.84. The van der Waals surface area contributed by atoms with E-state index in [1.807, 2.05) is 36.8 Å². The Morgan fingerprint density at radius 3 is 2.67 bits per heavy atom. The van der Waals surface area contributed by atoms with E-state index in [9.17, 15) is 9.50 Å². The van der Waals surface area contributed by atoms with Crippen LogP contribution < -0.4 is 4.74 Å². The van der Waals surface area contributed by atoms with Gasteiger partial charge >= 0.3 is 0 Å². The van der Waals surface area contributed by atoms with E-state index in [0.29, 0.717) is 12.4 Å². The van der Waals surface area contributed by atoms with Crippen LogP contribution in [0.25, 0.3) is 0 Å². The molecule has 1 atom stereocenters. The Balaban J connectivity index is 2.01. The molecule has 111 valence electrons. The van der Waals surface area contributed by atoms with Crippen molar-refractivity contribution in [1.29, 1.82) is 0 Å². The van der Waals surface area contributed by atoms with Crippen molar-refractivity contribution in [2.24, 2.45) is 0 Å². The third kappa shape index (κ3) is 5.20. The number of benzene rings is 2. The van der Waals surface area contributed by atoms with E-state index in [-0.39, 0.29) is 5.82 Å². The Labute approximate surface area is 125 Å². The first-order valence-corrected chi connectivity index (χ1v) is 7.11. The van der Waals surface area contributed by atoms with E-state index < -0.39 is 6.10 Å². The molecule has 0 amide bonds. The van der Waals surface area contributed by atoms with Crippen molar-refractivity contribution in [2.75, 3.05) is 0 Å². The molecule has 2 aromatic rings. The summed E-state index contributed by atoms with van der Waals surface area (Å²) in [5.41, 5.74) is 1.99. The van der Waals surface area contributed by atoms with Gasteiger partial charge in [0.25, 0.3) is 0 Å². The van der Waals surface area contributed by atoms with Gasteiger partial charge in [-0.2, -0.15) is 0 Å². The number of halogens is 1. The van der Waals surface area contributed by atoms with Gasteiger partial charge < -0.3 is 9.84 Å². The maximum absolute atomic E-state index is 13.4. The fourth-order valence-electron chi connectivity index (χ4n) is 2.08. The number of aliphatic hydroxyl groups excluding tert-OH is 1. The Kier molecular flexibility index (Phi) is 5.76. The van der Waals surface area contributed by atoms with Gasteiger partial charge in [0.1, 0.15) is 18.2 Å². The quantitative estimate of drug-likeness (QED) is 0.836. The summed E-state index contributed by atoms with van der Waals surface area (Å²) in [6, 6.07) is 14.4. The highest BCUT2D eigenvalue weighted by molar-refractivity contribution is 5.34. The van der Waals surface area contributed by atoms with Gasteiger partial charge in [0.05, 0.1) is 6.10 Å². The third-order valence-electron chi connectivity index (χ3n) is 3.19. The van der Waals surface area contributed by atoms with Crippen LogP contribution >= 0.6 is 0 Å². The zero-order valence-electron chi connectivity index (χ0n) is 12.1. The van der Waals surface area contributed by atoms with Crippen molar-refractivity contribution in [3.05, 3.63) is 71.9 Å². The number of hydrogen-bond acceptors (Lipinski definition) is 2. The molecule has 3 heteroatoms. The topological polar surface area (TPSA) is 29.5 Å². The molecule has 0 unspecified atom stereocenters. The van der Waals surface area contributed by atoms with E-state index in [1.165, 1.54) is 12.1 Å². The maximum atomic E-state index is 13.4. The molecule has 0 saturated heterocycles. The SMILES string of the molecule is C[C@H](O)[CH]CCc1ccc(F)cc1OCc1ccccc1. The third-order valence-corrected chi connectivity index (χ3v) is 3.19. The molecule has 0 saturated carbocycles. The zero-order valence-corrected chi connectivity index (χ0v) is 12.1. The van der Waals surface area contributed by atoms with E-state index in [1.54, 1.807) is 13.0 Å². The smallest absolute Gasteiger partial charge is 0.126 e. The van der Waals surface area contributed by atoms with Crippen molar-refractivity contribution in [1.82, 2.24) is 0 Å². The highest BCUT2D eigenvalue weighted by atomic mass is 19.1. The molecule has 0 aromatic heterocycles. The number of hydrogen-bond donors (Lipinski definition) is 1. The normalized spacial score (nSPS) is 12.1. The minimum atomic E-state index is -0.431.